The van der Waals surface area contributed by atoms with Crippen molar-refractivity contribution in [2.45, 2.75) is 52.4 Å². The van der Waals surface area contributed by atoms with Crippen molar-refractivity contribution in [2.75, 3.05) is 13.7 Å². The molecule has 0 aromatic carbocycles. The molecule has 5 atom stereocenters. The fraction of sp³-hybridized carbons (Fsp3) is 0.875. The molecule has 0 spiro atoms. The SMILES string of the molecule is CO[C@@H]1O[C@@H]2C[C@H]1C(CO)=C1CC(C)(C)C[C@H]1[C@H]2C. The van der Waals surface area contributed by atoms with Gasteiger partial charge in [0.2, 0.25) is 0 Å². The third kappa shape index (κ3) is 2.07. The Bertz CT molecular complexity index is 399. The maximum absolute atomic E-state index is 9.88. The second-order valence-corrected chi connectivity index (χ2v) is 7.34. The van der Waals surface area contributed by atoms with E-state index in [1.54, 1.807) is 7.11 Å². The van der Waals surface area contributed by atoms with Crippen LogP contribution in [-0.2, 0) is 9.47 Å². The van der Waals surface area contributed by atoms with Gasteiger partial charge < -0.3 is 14.6 Å². The smallest absolute Gasteiger partial charge is 0.164 e. The van der Waals surface area contributed by atoms with Crippen molar-refractivity contribution in [3.05, 3.63) is 11.1 Å². The zero-order valence-electron chi connectivity index (χ0n) is 12.5. The summed E-state index contributed by atoms with van der Waals surface area (Å²) in [6, 6.07) is 0. The van der Waals surface area contributed by atoms with Crippen molar-refractivity contribution in [3.8, 4) is 0 Å². The van der Waals surface area contributed by atoms with Gasteiger partial charge in [-0.3, -0.25) is 0 Å². The predicted molar refractivity (Wildman–Crippen MR) is 73.6 cm³/mol. The second-order valence-electron chi connectivity index (χ2n) is 7.34. The molecule has 0 amide bonds. The average Bonchev–Trinajstić information content (AvgIpc) is 2.88. The summed E-state index contributed by atoms with van der Waals surface area (Å²) >= 11 is 0. The topological polar surface area (TPSA) is 38.7 Å². The molecule has 3 heteroatoms. The molecule has 3 nitrogen and oxygen atoms in total. The van der Waals surface area contributed by atoms with Crippen LogP contribution in [0.5, 0.6) is 0 Å². The number of allylic oxidation sites excluding steroid dienone is 1. The van der Waals surface area contributed by atoms with Crippen LogP contribution in [-0.4, -0.2) is 31.2 Å². The highest BCUT2D eigenvalue weighted by Crippen LogP contribution is 2.55. The van der Waals surface area contributed by atoms with Crippen LogP contribution in [0.4, 0.5) is 0 Å². The van der Waals surface area contributed by atoms with Crippen molar-refractivity contribution in [1.82, 2.24) is 0 Å². The highest BCUT2D eigenvalue weighted by Gasteiger charge is 2.50. The Morgan fingerprint density at radius 1 is 1.37 bits per heavy atom. The number of aliphatic hydroxyl groups excluding tert-OH is 1. The summed E-state index contributed by atoms with van der Waals surface area (Å²) in [7, 11) is 1.71. The van der Waals surface area contributed by atoms with Crippen LogP contribution in [0.3, 0.4) is 0 Å². The molecule has 1 saturated heterocycles. The lowest BCUT2D eigenvalue weighted by molar-refractivity contribution is -0.141. The predicted octanol–water partition coefficient (Wildman–Crippen LogP) is 2.74. The number of ether oxygens (including phenoxy) is 2. The van der Waals surface area contributed by atoms with Gasteiger partial charge in [0.1, 0.15) is 0 Å². The summed E-state index contributed by atoms with van der Waals surface area (Å²) in [4.78, 5) is 0. The van der Waals surface area contributed by atoms with E-state index in [-0.39, 0.29) is 24.9 Å². The Morgan fingerprint density at radius 3 is 2.74 bits per heavy atom. The van der Waals surface area contributed by atoms with E-state index in [1.165, 1.54) is 17.6 Å². The molecule has 1 heterocycles. The molecule has 3 aliphatic rings. The Balaban J connectivity index is 2.04. The molecule has 19 heavy (non-hydrogen) atoms. The minimum Gasteiger partial charge on any atom is -0.392 e. The molecular formula is C16H26O3. The Hall–Kier alpha value is -0.380. The van der Waals surface area contributed by atoms with E-state index in [4.69, 9.17) is 9.47 Å². The summed E-state index contributed by atoms with van der Waals surface area (Å²) in [5, 5.41) is 9.88. The maximum atomic E-state index is 9.88. The molecular weight excluding hydrogens is 240 g/mol. The molecule has 108 valence electrons. The van der Waals surface area contributed by atoms with Crippen LogP contribution in [0.15, 0.2) is 11.1 Å². The van der Waals surface area contributed by atoms with Crippen molar-refractivity contribution in [1.29, 1.82) is 0 Å². The molecule has 1 N–H and O–H groups in total. The van der Waals surface area contributed by atoms with Gasteiger partial charge >= 0.3 is 0 Å². The highest BCUT2D eigenvalue weighted by atomic mass is 16.7. The van der Waals surface area contributed by atoms with Crippen LogP contribution >= 0.6 is 0 Å². The van der Waals surface area contributed by atoms with Crippen molar-refractivity contribution >= 4 is 0 Å². The fourth-order valence-corrected chi connectivity index (χ4v) is 4.56. The second kappa shape index (κ2) is 4.57. The van der Waals surface area contributed by atoms with E-state index in [0.717, 1.165) is 12.8 Å². The third-order valence-corrected chi connectivity index (χ3v) is 5.50. The molecule has 1 aliphatic heterocycles. The van der Waals surface area contributed by atoms with E-state index in [2.05, 4.69) is 20.8 Å². The first-order valence-electron chi connectivity index (χ1n) is 7.48. The van der Waals surface area contributed by atoms with E-state index in [1.807, 2.05) is 0 Å². The summed E-state index contributed by atoms with van der Waals surface area (Å²) in [6.45, 7) is 7.15. The number of fused-ring (bicyclic) bond motifs is 3. The molecule has 2 aliphatic carbocycles. The molecule has 2 fully saturated rings. The van der Waals surface area contributed by atoms with Crippen molar-refractivity contribution in [3.63, 3.8) is 0 Å². The standard InChI is InChI=1S/C16H26O3/c1-9-11-6-16(2,3)7-12(11)13(8-17)10-5-14(9)19-15(10)18-4/h9-11,14-15,17H,5-8H2,1-4H3/t9-,10+,11+,14-,15-/m1/s1. The van der Waals surface area contributed by atoms with Gasteiger partial charge in [0.15, 0.2) is 6.29 Å². The third-order valence-electron chi connectivity index (χ3n) is 5.50. The van der Waals surface area contributed by atoms with Crippen LogP contribution in [0.25, 0.3) is 0 Å². The van der Waals surface area contributed by atoms with Gasteiger partial charge in [0, 0.05) is 13.0 Å². The van der Waals surface area contributed by atoms with E-state index in [9.17, 15) is 5.11 Å². The van der Waals surface area contributed by atoms with E-state index < -0.39 is 0 Å². The Kier molecular flexibility index (Phi) is 3.27. The molecule has 3 rings (SSSR count). The lowest BCUT2D eigenvalue weighted by atomic mass is 9.83. The minimum atomic E-state index is -0.160. The molecule has 0 unspecified atom stereocenters. The number of methoxy groups -OCH3 is 1. The lowest BCUT2D eigenvalue weighted by Gasteiger charge is -2.29. The zero-order valence-corrected chi connectivity index (χ0v) is 12.5. The van der Waals surface area contributed by atoms with Crippen LogP contribution in [0, 0.1) is 23.2 Å². The first-order valence-corrected chi connectivity index (χ1v) is 7.48. The van der Waals surface area contributed by atoms with Gasteiger partial charge in [-0.25, -0.2) is 0 Å². The van der Waals surface area contributed by atoms with Crippen molar-refractivity contribution < 1.29 is 14.6 Å². The van der Waals surface area contributed by atoms with E-state index in [0.29, 0.717) is 17.3 Å². The summed E-state index contributed by atoms with van der Waals surface area (Å²) in [6.07, 6.45) is 3.48. The van der Waals surface area contributed by atoms with Gasteiger partial charge in [-0.2, -0.15) is 0 Å². The molecule has 2 bridgehead atoms. The van der Waals surface area contributed by atoms with Gasteiger partial charge in [-0.1, -0.05) is 26.3 Å². The average molecular weight is 266 g/mol. The number of aliphatic hydroxyl groups is 1. The number of rotatable bonds is 2. The van der Waals surface area contributed by atoms with Crippen LogP contribution < -0.4 is 0 Å². The quantitative estimate of drug-likeness (QED) is 0.781. The number of hydrogen-bond donors (Lipinski definition) is 1. The van der Waals surface area contributed by atoms with Crippen molar-refractivity contribution in [2.24, 2.45) is 23.2 Å². The summed E-state index contributed by atoms with van der Waals surface area (Å²) < 4.78 is 11.6. The van der Waals surface area contributed by atoms with Gasteiger partial charge in [0.05, 0.1) is 12.7 Å². The first-order chi connectivity index (χ1) is 8.96. The number of hydrogen-bond acceptors (Lipinski definition) is 3. The first kappa shape index (κ1) is 13.6. The normalized spacial score (nSPS) is 44.4. The van der Waals surface area contributed by atoms with Crippen LogP contribution in [0.1, 0.15) is 40.0 Å². The molecule has 0 radical (unpaired) electrons. The summed E-state index contributed by atoms with van der Waals surface area (Å²) in [5.41, 5.74) is 3.08. The lowest BCUT2D eigenvalue weighted by Crippen LogP contribution is -2.29. The molecule has 0 aromatic rings. The zero-order chi connectivity index (χ0) is 13.8. The highest BCUT2D eigenvalue weighted by molar-refractivity contribution is 5.30. The van der Waals surface area contributed by atoms with Gasteiger partial charge in [-0.15, -0.1) is 0 Å². The largest absolute Gasteiger partial charge is 0.392 e. The molecule has 1 saturated carbocycles. The van der Waals surface area contributed by atoms with Crippen LogP contribution in [0.2, 0.25) is 0 Å². The van der Waals surface area contributed by atoms with Gasteiger partial charge in [-0.05, 0) is 42.1 Å². The Morgan fingerprint density at radius 2 is 2.11 bits per heavy atom. The maximum Gasteiger partial charge on any atom is 0.164 e. The summed E-state index contributed by atoms with van der Waals surface area (Å²) in [5.74, 6) is 1.38. The monoisotopic (exact) mass is 266 g/mol. The van der Waals surface area contributed by atoms with E-state index >= 15 is 0 Å². The Labute approximate surface area is 116 Å². The minimum absolute atomic E-state index is 0.160. The molecule has 0 aromatic heterocycles. The van der Waals surface area contributed by atoms with Gasteiger partial charge in [0.25, 0.3) is 0 Å². The fourth-order valence-electron chi connectivity index (χ4n) is 4.56.